The van der Waals surface area contributed by atoms with E-state index in [9.17, 15) is 4.79 Å². The van der Waals surface area contributed by atoms with Gasteiger partial charge in [0.2, 0.25) is 5.91 Å². The molecule has 104 valence electrons. The fraction of sp³-hybridized carbons (Fsp3) is 0.278. The second-order valence-electron chi connectivity index (χ2n) is 5.19. The van der Waals surface area contributed by atoms with Crippen LogP contribution >= 0.6 is 0 Å². The van der Waals surface area contributed by atoms with Crippen LogP contribution in [0.25, 0.3) is 0 Å². The van der Waals surface area contributed by atoms with Gasteiger partial charge in [0.15, 0.2) is 0 Å². The molecule has 2 unspecified atom stereocenters. The van der Waals surface area contributed by atoms with E-state index in [0.29, 0.717) is 6.42 Å². The van der Waals surface area contributed by atoms with E-state index in [1.54, 1.807) is 0 Å². The van der Waals surface area contributed by atoms with Crippen LogP contribution in [0.15, 0.2) is 60.7 Å². The molecule has 2 aromatic rings. The van der Waals surface area contributed by atoms with E-state index in [1.165, 1.54) is 0 Å². The highest BCUT2D eigenvalue weighted by atomic mass is 16.1. The average molecular weight is 267 g/mol. The molecule has 0 bridgehead atoms. The lowest BCUT2D eigenvalue weighted by atomic mass is 9.66. The number of primary amides is 1. The van der Waals surface area contributed by atoms with Crippen molar-refractivity contribution in [2.24, 2.45) is 5.73 Å². The van der Waals surface area contributed by atoms with E-state index in [2.05, 4.69) is 19.1 Å². The predicted octanol–water partition coefficient (Wildman–Crippen LogP) is 3.62. The molecule has 2 aromatic carbocycles. The third-order valence-corrected chi connectivity index (χ3v) is 4.33. The first kappa shape index (κ1) is 14.3. The van der Waals surface area contributed by atoms with Gasteiger partial charge in [-0.15, -0.1) is 0 Å². The van der Waals surface area contributed by atoms with Crippen molar-refractivity contribution in [2.75, 3.05) is 0 Å². The van der Waals surface area contributed by atoms with Crippen LogP contribution in [0.5, 0.6) is 0 Å². The van der Waals surface area contributed by atoms with Gasteiger partial charge < -0.3 is 5.73 Å². The second-order valence-corrected chi connectivity index (χ2v) is 5.19. The molecule has 2 heteroatoms. The SMILES string of the molecule is CCC(C(N)=O)(c1ccccc1)C(C)c1ccccc1. The number of amides is 1. The minimum Gasteiger partial charge on any atom is -0.369 e. The topological polar surface area (TPSA) is 43.1 Å². The largest absolute Gasteiger partial charge is 0.369 e. The molecule has 0 aliphatic rings. The van der Waals surface area contributed by atoms with Gasteiger partial charge in [-0.3, -0.25) is 4.79 Å². The molecule has 0 spiro atoms. The molecule has 0 radical (unpaired) electrons. The first-order valence-corrected chi connectivity index (χ1v) is 7.03. The van der Waals surface area contributed by atoms with Crippen molar-refractivity contribution >= 4 is 5.91 Å². The summed E-state index contributed by atoms with van der Waals surface area (Å²) < 4.78 is 0. The van der Waals surface area contributed by atoms with Gasteiger partial charge >= 0.3 is 0 Å². The Labute approximate surface area is 120 Å². The Morgan fingerprint density at radius 2 is 1.55 bits per heavy atom. The highest BCUT2D eigenvalue weighted by Crippen LogP contribution is 2.41. The summed E-state index contributed by atoms with van der Waals surface area (Å²) in [4.78, 5) is 12.3. The minimum atomic E-state index is -0.664. The molecule has 20 heavy (non-hydrogen) atoms. The van der Waals surface area contributed by atoms with E-state index in [1.807, 2.05) is 55.5 Å². The summed E-state index contributed by atoms with van der Waals surface area (Å²) in [6.07, 6.45) is 0.683. The van der Waals surface area contributed by atoms with Gasteiger partial charge in [-0.05, 0) is 23.5 Å². The van der Waals surface area contributed by atoms with Gasteiger partial charge in [-0.1, -0.05) is 74.5 Å². The number of nitrogens with two attached hydrogens (primary N) is 1. The van der Waals surface area contributed by atoms with Crippen LogP contribution in [0.2, 0.25) is 0 Å². The van der Waals surface area contributed by atoms with Crippen molar-refractivity contribution in [2.45, 2.75) is 31.6 Å². The normalized spacial score (nSPS) is 15.3. The monoisotopic (exact) mass is 267 g/mol. The summed E-state index contributed by atoms with van der Waals surface area (Å²) >= 11 is 0. The average Bonchev–Trinajstić information content (AvgIpc) is 2.50. The van der Waals surface area contributed by atoms with Crippen LogP contribution in [0, 0.1) is 0 Å². The van der Waals surface area contributed by atoms with E-state index in [-0.39, 0.29) is 11.8 Å². The van der Waals surface area contributed by atoms with E-state index in [4.69, 9.17) is 5.73 Å². The molecule has 2 rings (SSSR count). The predicted molar refractivity (Wildman–Crippen MR) is 82.5 cm³/mol. The second kappa shape index (κ2) is 5.91. The van der Waals surface area contributed by atoms with Crippen molar-refractivity contribution < 1.29 is 4.79 Å². The zero-order valence-corrected chi connectivity index (χ0v) is 12.0. The number of carbonyl (C=O) groups is 1. The molecule has 0 fully saturated rings. The fourth-order valence-corrected chi connectivity index (χ4v) is 3.05. The zero-order chi connectivity index (χ0) is 14.6. The van der Waals surface area contributed by atoms with Crippen LogP contribution in [-0.2, 0) is 10.2 Å². The van der Waals surface area contributed by atoms with Crippen molar-refractivity contribution in [3.63, 3.8) is 0 Å². The van der Waals surface area contributed by atoms with Gasteiger partial charge in [0.05, 0.1) is 5.41 Å². The molecule has 2 N–H and O–H groups in total. The smallest absolute Gasteiger partial charge is 0.228 e. The Kier molecular flexibility index (Phi) is 4.23. The highest BCUT2D eigenvalue weighted by Gasteiger charge is 2.42. The molecule has 0 aliphatic heterocycles. The van der Waals surface area contributed by atoms with Crippen LogP contribution in [0.4, 0.5) is 0 Å². The minimum absolute atomic E-state index is 0.0357. The van der Waals surface area contributed by atoms with Crippen molar-refractivity contribution in [1.29, 1.82) is 0 Å². The lowest BCUT2D eigenvalue weighted by Gasteiger charge is -2.36. The summed E-state index contributed by atoms with van der Waals surface area (Å²) in [7, 11) is 0. The molecule has 0 aliphatic carbocycles. The lowest BCUT2D eigenvalue weighted by molar-refractivity contribution is -0.124. The molecule has 0 aromatic heterocycles. The number of rotatable bonds is 5. The van der Waals surface area contributed by atoms with Gasteiger partial charge in [0.25, 0.3) is 0 Å². The van der Waals surface area contributed by atoms with Crippen LogP contribution in [0.3, 0.4) is 0 Å². The molecule has 0 heterocycles. The molecule has 2 nitrogen and oxygen atoms in total. The van der Waals surface area contributed by atoms with E-state index < -0.39 is 5.41 Å². The van der Waals surface area contributed by atoms with Crippen LogP contribution < -0.4 is 5.73 Å². The van der Waals surface area contributed by atoms with Crippen LogP contribution in [-0.4, -0.2) is 5.91 Å². The molecule has 0 saturated carbocycles. The highest BCUT2D eigenvalue weighted by molar-refractivity contribution is 5.88. The third kappa shape index (κ3) is 2.34. The van der Waals surface area contributed by atoms with Gasteiger partial charge in [-0.25, -0.2) is 0 Å². The maximum absolute atomic E-state index is 12.3. The summed E-state index contributed by atoms with van der Waals surface area (Å²) in [5, 5.41) is 0. The Balaban J connectivity index is 2.56. The van der Waals surface area contributed by atoms with Crippen molar-refractivity contribution in [1.82, 2.24) is 0 Å². The maximum atomic E-state index is 12.3. The number of hydrogen-bond donors (Lipinski definition) is 1. The van der Waals surface area contributed by atoms with E-state index in [0.717, 1.165) is 11.1 Å². The van der Waals surface area contributed by atoms with E-state index >= 15 is 0 Å². The standard InChI is InChI=1S/C18H21NO/c1-3-18(17(19)20,16-12-8-5-9-13-16)14(2)15-10-6-4-7-11-15/h4-14H,3H2,1-2H3,(H2,19,20). The maximum Gasteiger partial charge on any atom is 0.228 e. The number of benzene rings is 2. The quantitative estimate of drug-likeness (QED) is 0.883. The Bertz CT molecular complexity index is 564. The first-order valence-electron chi connectivity index (χ1n) is 7.03. The summed E-state index contributed by atoms with van der Waals surface area (Å²) in [6.45, 7) is 4.10. The molecule has 2 atom stereocenters. The third-order valence-electron chi connectivity index (χ3n) is 4.33. The summed E-state index contributed by atoms with van der Waals surface area (Å²) in [5.74, 6) is -0.226. The van der Waals surface area contributed by atoms with Gasteiger partial charge in [0.1, 0.15) is 0 Å². The zero-order valence-electron chi connectivity index (χ0n) is 12.0. The summed E-state index contributed by atoms with van der Waals surface area (Å²) in [5.41, 5.74) is 7.28. The van der Waals surface area contributed by atoms with Crippen LogP contribution in [0.1, 0.15) is 37.3 Å². The molecular weight excluding hydrogens is 246 g/mol. The molecule has 0 saturated heterocycles. The lowest BCUT2D eigenvalue weighted by Crippen LogP contribution is -2.44. The van der Waals surface area contributed by atoms with Crippen molar-refractivity contribution in [3.05, 3.63) is 71.8 Å². The Morgan fingerprint density at radius 1 is 1.05 bits per heavy atom. The first-order chi connectivity index (χ1) is 9.63. The molecular formula is C18H21NO. The fourth-order valence-electron chi connectivity index (χ4n) is 3.05. The Morgan fingerprint density at radius 3 is 2.00 bits per heavy atom. The summed E-state index contributed by atoms with van der Waals surface area (Å²) in [6, 6.07) is 20.0. The Hall–Kier alpha value is -2.09. The number of hydrogen-bond acceptors (Lipinski definition) is 1. The van der Waals surface area contributed by atoms with Crippen molar-refractivity contribution in [3.8, 4) is 0 Å². The molecule has 1 amide bonds. The number of carbonyl (C=O) groups excluding carboxylic acids is 1. The van der Waals surface area contributed by atoms with Gasteiger partial charge in [-0.2, -0.15) is 0 Å². The van der Waals surface area contributed by atoms with Gasteiger partial charge in [0, 0.05) is 0 Å².